The van der Waals surface area contributed by atoms with Gasteiger partial charge in [0, 0.05) is 6.61 Å². The highest BCUT2D eigenvalue weighted by Gasteiger charge is 2.50. The smallest absolute Gasteiger partial charge is 0.267 e. The predicted octanol–water partition coefficient (Wildman–Crippen LogP) is 4.65. The first-order valence-electron chi connectivity index (χ1n) is 10.5. The zero-order chi connectivity index (χ0) is 22.6. The Hall–Kier alpha value is -1.47. The normalized spacial score (nSPS) is 14.5. The molecule has 166 valence electrons. The molecule has 0 spiro atoms. The summed E-state index contributed by atoms with van der Waals surface area (Å²) in [5, 5.41) is 1.57. The molecule has 0 fully saturated rings. The Kier molecular flexibility index (Phi) is 7.72. The van der Waals surface area contributed by atoms with Crippen LogP contribution in [0.2, 0.25) is 5.04 Å². The van der Waals surface area contributed by atoms with Crippen LogP contribution in [0.3, 0.4) is 0 Å². The van der Waals surface area contributed by atoms with Crippen molar-refractivity contribution in [3.05, 3.63) is 60.7 Å². The average Bonchev–Trinajstić information content (AvgIpc) is 2.64. The molecular formula is C24H36O4SSi. The Morgan fingerprint density at radius 2 is 1.33 bits per heavy atom. The first-order valence-corrected chi connectivity index (χ1v) is 13.9. The summed E-state index contributed by atoms with van der Waals surface area (Å²) in [4.78, 5) is 0. The zero-order valence-electron chi connectivity index (χ0n) is 19.1. The Balaban J connectivity index is 2.35. The van der Waals surface area contributed by atoms with Gasteiger partial charge in [-0.2, -0.15) is 8.42 Å². The lowest BCUT2D eigenvalue weighted by atomic mass is 9.85. The summed E-state index contributed by atoms with van der Waals surface area (Å²) in [5.74, 6) is 0. The van der Waals surface area contributed by atoms with Gasteiger partial charge in [-0.05, 0) is 40.6 Å². The van der Waals surface area contributed by atoms with Crippen LogP contribution in [-0.4, -0.2) is 33.1 Å². The highest BCUT2D eigenvalue weighted by atomic mass is 32.2. The largest absolute Gasteiger partial charge is 0.407 e. The lowest BCUT2D eigenvalue weighted by Gasteiger charge is -2.43. The van der Waals surface area contributed by atoms with E-state index < -0.39 is 23.7 Å². The van der Waals surface area contributed by atoms with E-state index in [4.69, 9.17) is 4.43 Å². The van der Waals surface area contributed by atoms with Crippen LogP contribution in [-0.2, 0) is 14.5 Å². The second-order valence-electron chi connectivity index (χ2n) is 9.96. The fraction of sp³-hybridized carbons (Fsp3) is 0.500. The van der Waals surface area contributed by atoms with Crippen LogP contribution in [0.5, 0.6) is 0 Å². The number of hydrogen-bond donors (Lipinski definition) is 1. The SMILES string of the molecule is CC(CC(C)(C)CCO[Si](c1ccccc1)(c1ccccc1)C(C)(C)C)S(=O)(=O)O. The van der Waals surface area contributed by atoms with E-state index in [1.165, 1.54) is 10.4 Å². The van der Waals surface area contributed by atoms with Crippen molar-refractivity contribution < 1.29 is 17.4 Å². The van der Waals surface area contributed by atoms with Gasteiger partial charge in [-0.15, -0.1) is 0 Å². The number of rotatable bonds is 9. The molecule has 4 nitrogen and oxygen atoms in total. The third-order valence-electron chi connectivity index (χ3n) is 5.86. The van der Waals surface area contributed by atoms with Crippen LogP contribution in [0.4, 0.5) is 0 Å². The van der Waals surface area contributed by atoms with E-state index >= 15 is 0 Å². The van der Waals surface area contributed by atoms with Crippen molar-refractivity contribution in [1.82, 2.24) is 0 Å². The van der Waals surface area contributed by atoms with E-state index in [0.29, 0.717) is 19.4 Å². The summed E-state index contributed by atoms with van der Waals surface area (Å²) in [6.45, 7) is 12.9. The summed E-state index contributed by atoms with van der Waals surface area (Å²) >= 11 is 0. The summed E-state index contributed by atoms with van der Waals surface area (Å²) in [6, 6.07) is 20.9. The van der Waals surface area contributed by atoms with E-state index in [9.17, 15) is 13.0 Å². The zero-order valence-corrected chi connectivity index (χ0v) is 20.9. The lowest BCUT2D eigenvalue weighted by Crippen LogP contribution is -2.66. The van der Waals surface area contributed by atoms with Gasteiger partial charge in [-0.3, -0.25) is 4.55 Å². The molecule has 6 heteroatoms. The standard InChI is InChI=1S/C24H36O4SSi/c1-20(29(25,26)27)19-24(5,6)17-18-28-30(23(2,3)4,21-13-9-7-10-14-21)22-15-11-8-12-16-22/h7-16,20H,17-19H2,1-6H3,(H,25,26,27). The lowest BCUT2D eigenvalue weighted by molar-refractivity contribution is 0.207. The summed E-state index contributed by atoms with van der Waals surface area (Å²) < 4.78 is 39.2. The molecule has 0 heterocycles. The summed E-state index contributed by atoms with van der Waals surface area (Å²) in [7, 11) is -6.62. The van der Waals surface area contributed by atoms with Crippen molar-refractivity contribution in [3.63, 3.8) is 0 Å². The van der Waals surface area contributed by atoms with Crippen LogP contribution in [0.15, 0.2) is 60.7 Å². The predicted molar refractivity (Wildman–Crippen MR) is 128 cm³/mol. The molecular weight excluding hydrogens is 412 g/mol. The number of benzene rings is 2. The highest BCUT2D eigenvalue weighted by molar-refractivity contribution is 7.86. The fourth-order valence-corrected chi connectivity index (χ4v) is 9.45. The molecule has 1 atom stereocenters. The molecule has 0 bridgehead atoms. The molecule has 0 aromatic heterocycles. The van der Waals surface area contributed by atoms with Crippen molar-refractivity contribution in [2.75, 3.05) is 6.61 Å². The van der Waals surface area contributed by atoms with Gasteiger partial charge >= 0.3 is 0 Å². The molecule has 30 heavy (non-hydrogen) atoms. The second-order valence-corrected chi connectivity index (χ2v) is 16.1. The van der Waals surface area contributed by atoms with Gasteiger partial charge in [-0.1, -0.05) is 95.3 Å². The van der Waals surface area contributed by atoms with Crippen molar-refractivity contribution in [2.24, 2.45) is 5.41 Å². The minimum atomic E-state index is -4.03. The van der Waals surface area contributed by atoms with E-state index in [2.05, 4.69) is 69.3 Å². The van der Waals surface area contributed by atoms with Gasteiger partial charge in [0.05, 0.1) is 5.25 Å². The van der Waals surface area contributed by atoms with Crippen molar-refractivity contribution >= 4 is 28.8 Å². The van der Waals surface area contributed by atoms with Crippen LogP contribution in [0, 0.1) is 5.41 Å². The molecule has 2 aromatic carbocycles. The minimum absolute atomic E-state index is 0.0957. The first-order chi connectivity index (χ1) is 13.8. The van der Waals surface area contributed by atoms with Crippen LogP contribution < -0.4 is 10.4 Å². The molecule has 1 N–H and O–H groups in total. The van der Waals surface area contributed by atoms with Gasteiger partial charge in [-0.25, -0.2) is 0 Å². The molecule has 0 amide bonds. The molecule has 2 aromatic rings. The minimum Gasteiger partial charge on any atom is -0.407 e. The van der Waals surface area contributed by atoms with E-state index in [-0.39, 0.29) is 10.5 Å². The van der Waals surface area contributed by atoms with Crippen molar-refractivity contribution in [2.45, 2.75) is 64.7 Å². The quantitative estimate of drug-likeness (QED) is 0.448. The highest BCUT2D eigenvalue weighted by Crippen LogP contribution is 2.38. The third-order valence-corrected chi connectivity index (χ3v) is 12.1. The molecule has 0 radical (unpaired) electrons. The molecule has 2 rings (SSSR count). The first kappa shape index (κ1) is 24.8. The summed E-state index contributed by atoms with van der Waals surface area (Å²) in [6.07, 6.45) is 1.09. The van der Waals surface area contributed by atoms with Gasteiger partial charge in [0.15, 0.2) is 0 Å². The van der Waals surface area contributed by atoms with Crippen LogP contribution in [0.1, 0.15) is 54.4 Å². The van der Waals surface area contributed by atoms with E-state index in [0.717, 1.165) is 0 Å². The number of hydrogen-bond acceptors (Lipinski definition) is 3. The second kappa shape index (κ2) is 9.35. The molecule has 1 unspecified atom stereocenters. The molecule has 0 saturated carbocycles. The maximum Gasteiger partial charge on any atom is 0.267 e. The van der Waals surface area contributed by atoms with E-state index in [1.54, 1.807) is 6.92 Å². The fourth-order valence-electron chi connectivity index (χ4n) is 4.23. The maximum absolute atomic E-state index is 11.5. The third kappa shape index (κ3) is 5.81. The molecule has 0 saturated heterocycles. The monoisotopic (exact) mass is 448 g/mol. The topological polar surface area (TPSA) is 63.6 Å². The van der Waals surface area contributed by atoms with Gasteiger partial charge in [0.25, 0.3) is 18.4 Å². The maximum atomic E-state index is 11.5. The van der Waals surface area contributed by atoms with Crippen molar-refractivity contribution in [3.8, 4) is 0 Å². The van der Waals surface area contributed by atoms with Crippen molar-refractivity contribution in [1.29, 1.82) is 0 Å². The Morgan fingerprint density at radius 1 is 0.900 bits per heavy atom. The van der Waals surface area contributed by atoms with E-state index in [1.807, 2.05) is 26.0 Å². The average molecular weight is 449 g/mol. The Morgan fingerprint density at radius 3 is 1.70 bits per heavy atom. The Bertz CT molecular complexity index is 864. The molecule has 0 aliphatic carbocycles. The molecule has 0 aliphatic heterocycles. The van der Waals surface area contributed by atoms with Crippen LogP contribution >= 0.6 is 0 Å². The van der Waals surface area contributed by atoms with Gasteiger partial charge in [0.2, 0.25) is 0 Å². The summed E-state index contributed by atoms with van der Waals surface area (Å²) in [5.41, 5.74) is -0.277. The van der Waals surface area contributed by atoms with Gasteiger partial charge in [0.1, 0.15) is 0 Å². The van der Waals surface area contributed by atoms with Crippen LogP contribution in [0.25, 0.3) is 0 Å². The molecule has 0 aliphatic rings. The van der Waals surface area contributed by atoms with Gasteiger partial charge < -0.3 is 4.43 Å². The Labute approximate surface area is 183 Å².